The number of aryl methyl sites for hydroxylation is 1. The topological polar surface area (TPSA) is 18.5 Å². The molecule has 0 spiro atoms. The Morgan fingerprint density at radius 3 is 1.93 bits per heavy atom. The molecule has 1 aromatic rings. The van der Waals surface area contributed by atoms with Gasteiger partial charge in [0.05, 0.1) is 14.2 Å². The van der Waals surface area contributed by atoms with Gasteiger partial charge in [0.2, 0.25) is 0 Å². The molecule has 1 aromatic carbocycles. The molecule has 15 heavy (non-hydrogen) atoms. The van der Waals surface area contributed by atoms with Crippen molar-refractivity contribution < 1.29 is 9.47 Å². The van der Waals surface area contributed by atoms with Crippen LogP contribution in [0.1, 0.15) is 36.5 Å². The van der Waals surface area contributed by atoms with E-state index in [2.05, 4.69) is 26.8 Å². The number of benzene rings is 1. The van der Waals surface area contributed by atoms with E-state index in [1.165, 1.54) is 11.1 Å². The van der Waals surface area contributed by atoms with Crippen LogP contribution in [0.3, 0.4) is 0 Å². The Kier molecular flexibility index (Phi) is 3.61. The Labute approximate surface area is 92.2 Å². The van der Waals surface area contributed by atoms with Crippen molar-refractivity contribution in [3.63, 3.8) is 0 Å². The molecule has 0 N–H and O–H groups in total. The highest BCUT2D eigenvalue weighted by Crippen LogP contribution is 2.37. The van der Waals surface area contributed by atoms with E-state index in [1.807, 2.05) is 6.92 Å². The van der Waals surface area contributed by atoms with Gasteiger partial charge in [0.15, 0.2) is 0 Å². The van der Waals surface area contributed by atoms with Crippen LogP contribution in [0.2, 0.25) is 0 Å². The number of hydrogen-bond donors (Lipinski definition) is 0. The second kappa shape index (κ2) is 4.56. The van der Waals surface area contributed by atoms with Crippen LogP contribution in [0.15, 0.2) is 6.07 Å². The van der Waals surface area contributed by atoms with E-state index in [9.17, 15) is 0 Å². The smallest absolute Gasteiger partial charge is 0.128 e. The molecule has 0 saturated carbocycles. The summed E-state index contributed by atoms with van der Waals surface area (Å²) < 4.78 is 10.8. The van der Waals surface area contributed by atoms with Gasteiger partial charge in [-0.3, -0.25) is 0 Å². The maximum absolute atomic E-state index is 5.45. The van der Waals surface area contributed by atoms with Gasteiger partial charge in [-0.1, -0.05) is 13.8 Å². The van der Waals surface area contributed by atoms with Crippen molar-refractivity contribution in [2.45, 2.75) is 33.6 Å². The molecule has 0 atom stereocenters. The average molecular weight is 208 g/mol. The minimum atomic E-state index is 0.461. The maximum atomic E-state index is 5.45. The minimum Gasteiger partial charge on any atom is -0.496 e. The normalized spacial score (nSPS) is 10.6. The predicted octanol–water partition coefficient (Wildman–Crippen LogP) is 3.44. The van der Waals surface area contributed by atoms with E-state index in [0.29, 0.717) is 5.92 Å². The highest BCUT2D eigenvalue weighted by Gasteiger charge is 2.16. The van der Waals surface area contributed by atoms with Crippen LogP contribution in [0.5, 0.6) is 11.5 Å². The fraction of sp³-hybridized carbons (Fsp3) is 0.538. The molecule has 0 unspecified atom stereocenters. The predicted molar refractivity (Wildman–Crippen MR) is 63.1 cm³/mol. The van der Waals surface area contributed by atoms with E-state index in [1.54, 1.807) is 14.2 Å². The monoisotopic (exact) mass is 208 g/mol. The molecule has 0 radical (unpaired) electrons. The molecule has 2 heteroatoms. The standard InChI is InChI=1S/C13H20O2/c1-8(2)11-7-9(3)12(14-5)10(4)13(11)15-6/h7-8H,1-6H3. The lowest BCUT2D eigenvalue weighted by atomic mass is 9.96. The molecule has 1 rings (SSSR count). The molecule has 0 aliphatic heterocycles. The van der Waals surface area contributed by atoms with E-state index in [4.69, 9.17) is 9.47 Å². The molecule has 0 amide bonds. The summed E-state index contributed by atoms with van der Waals surface area (Å²) in [6, 6.07) is 2.15. The fourth-order valence-electron chi connectivity index (χ4n) is 1.99. The van der Waals surface area contributed by atoms with Gasteiger partial charge < -0.3 is 9.47 Å². The molecule has 0 aliphatic carbocycles. The zero-order valence-electron chi connectivity index (χ0n) is 10.5. The Morgan fingerprint density at radius 2 is 1.53 bits per heavy atom. The Morgan fingerprint density at radius 1 is 1.00 bits per heavy atom. The summed E-state index contributed by atoms with van der Waals surface area (Å²) in [5.41, 5.74) is 3.50. The zero-order valence-corrected chi connectivity index (χ0v) is 10.5. The highest BCUT2D eigenvalue weighted by molar-refractivity contribution is 5.54. The summed E-state index contributed by atoms with van der Waals surface area (Å²) in [6.07, 6.45) is 0. The van der Waals surface area contributed by atoms with Gasteiger partial charge in [0.1, 0.15) is 11.5 Å². The Hall–Kier alpha value is -1.18. The van der Waals surface area contributed by atoms with Crippen molar-refractivity contribution in [3.05, 3.63) is 22.8 Å². The fourth-order valence-corrected chi connectivity index (χ4v) is 1.99. The van der Waals surface area contributed by atoms with Crippen molar-refractivity contribution in [1.82, 2.24) is 0 Å². The molecule has 0 aromatic heterocycles. The van der Waals surface area contributed by atoms with Gasteiger partial charge in [0, 0.05) is 5.56 Å². The van der Waals surface area contributed by atoms with Gasteiger partial charge in [-0.05, 0) is 37.0 Å². The molecule has 84 valence electrons. The van der Waals surface area contributed by atoms with Gasteiger partial charge >= 0.3 is 0 Å². The Balaban J connectivity index is 3.44. The molecule has 0 saturated heterocycles. The summed E-state index contributed by atoms with van der Waals surface area (Å²) in [5.74, 6) is 2.34. The van der Waals surface area contributed by atoms with Crippen LogP contribution in [0.25, 0.3) is 0 Å². The quantitative estimate of drug-likeness (QED) is 0.757. The summed E-state index contributed by atoms with van der Waals surface area (Å²) in [4.78, 5) is 0. The third-order valence-electron chi connectivity index (χ3n) is 2.70. The van der Waals surface area contributed by atoms with E-state index in [0.717, 1.165) is 17.1 Å². The van der Waals surface area contributed by atoms with Crippen LogP contribution >= 0.6 is 0 Å². The third-order valence-corrected chi connectivity index (χ3v) is 2.70. The molecular weight excluding hydrogens is 188 g/mol. The van der Waals surface area contributed by atoms with E-state index in [-0.39, 0.29) is 0 Å². The van der Waals surface area contributed by atoms with Gasteiger partial charge in [-0.25, -0.2) is 0 Å². The van der Waals surface area contributed by atoms with Gasteiger partial charge in [-0.15, -0.1) is 0 Å². The zero-order chi connectivity index (χ0) is 11.6. The van der Waals surface area contributed by atoms with Crippen molar-refractivity contribution in [3.8, 4) is 11.5 Å². The first kappa shape index (κ1) is 11.9. The van der Waals surface area contributed by atoms with Crippen molar-refractivity contribution >= 4 is 0 Å². The number of ether oxygens (including phenoxy) is 2. The van der Waals surface area contributed by atoms with Crippen LogP contribution in [0.4, 0.5) is 0 Å². The van der Waals surface area contributed by atoms with Crippen molar-refractivity contribution in [2.24, 2.45) is 0 Å². The lowest BCUT2D eigenvalue weighted by Gasteiger charge is -2.18. The van der Waals surface area contributed by atoms with Crippen molar-refractivity contribution in [1.29, 1.82) is 0 Å². The van der Waals surface area contributed by atoms with Gasteiger partial charge in [0.25, 0.3) is 0 Å². The Bertz CT molecular complexity index is 354. The van der Waals surface area contributed by atoms with Crippen LogP contribution < -0.4 is 9.47 Å². The number of methoxy groups -OCH3 is 2. The molecule has 0 bridgehead atoms. The SMILES string of the molecule is COc1c(C)cc(C(C)C)c(OC)c1C. The molecule has 0 heterocycles. The average Bonchev–Trinajstić information content (AvgIpc) is 2.17. The number of rotatable bonds is 3. The second-order valence-corrected chi connectivity index (χ2v) is 4.13. The first-order valence-electron chi connectivity index (χ1n) is 5.25. The third kappa shape index (κ3) is 2.09. The summed E-state index contributed by atoms with van der Waals surface area (Å²) >= 11 is 0. The summed E-state index contributed by atoms with van der Waals surface area (Å²) in [6.45, 7) is 8.44. The lowest BCUT2D eigenvalue weighted by molar-refractivity contribution is 0.382. The maximum Gasteiger partial charge on any atom is 0.128 e. The van der Waals surface area contributed by atoms with Crippen LogP contribution in [-0.2, 0) is 0 Å². The first-order chi connectivity index (χ1) is 7.02. The molecular formula is C13H20O2. The first-order valence-corrected chi connectivity index (χ1v) is 5.25. The molecule has 0 aliphatic rings. The molecule has 2 nitrogen and oxygen atoms in total. The minimum absolute atomic E-state index is 0.461. The van der Waals surface area contributed by atoms with E-state index < -0.39 is 0 Å². The van der Waals surface area contributed by atoms with Crippen molar-refractivity contribution in [2.75, 3.05) is 14.2 Å². The second-order valence-electron chi connectivity index (χ2n) is 4.13. The van der Waals surface area contributed by atoms with E-state index >= 15 is 0 Å². The van der Waals surface area contributed by atoms with Crippen LogP contribution in [0, 0.1) is 13.8 Å². The summed E-state index contributed by atoms with van der Waals surface area (Å²) in [7, 11) is 3.41. The summed E-state index contributed by atoms with van der Waals surface area (Å²) in [5, 5.41) is 0. The number of hydrogen-bond acceptors (Lipinski definition) is 2. The van der Waals surface area contributed by atoms with Gasteiger partial charge in [-0.2, -0.15) is 0 Å². The molecule has 0 fully saturated rings. The highest BCUT2D eigenvalue weighted by atomic mass is 16.5. The van der Waals surface area contributed by atoms with Crippen LogP contribution in [-0.4, -0.2) is 14.2 Å². The lowest BCUT2D eigenvalue weighted by Crippen LogP contribution is -2.01. The largest absolute Gasteiger partial charge is 0.496 e.